The van der Waals surface area contributed by atoms with E-state index in [0.29, 0.717) is 13.0 Å². The normalized spacial score (nSPS) is 10.6. The third-order valence-electron chi connectivity index (χ3n) is 4.93. The number of carbonyl (C=O) groups excluding carboxylic acids is 1. The van der Waals surface area contributed by atoms with Crippen LogP contribution in [0.5, 0.6) is 5.75 Å². The molecule has 1 N–H and O–H groups in total. The summed E-state index contributed by atoms with van der Waals surface area (Å²) in [5.41, 5.74) is 3.50. The van der Waals surface area contributed by atoms with Gasteiger partial charge < -0.3 is 10.1 Å². The summed E-state index contributed by atoms with van der Waals surface area (Å²) in [7, 11) is 1.69. The van der Waals surface area contributed by atoms with Crippen molar-refractivity contribution in [1.82, 2.24) is 5.32 Å². The Balaban J connectivity index is 1.56. The largest absolute Gasteiger partial charge is 0.496 e. The van der Waals surface area contributed by atoms with E-state index in [0.717, 1.165) is 29.7 Å². The molecular weight excluding hydrogens is 346 g/mol. The van der Waals surface area contributed by atoms with E-state index >= 15 is 0 Å². The lowest BCUT2D eigenvalue weighted by Gasteiger charge is -2.18. The number of benzene rings is 3. The van der Waals surface area contributed by atoms with Crippen LogP contribution in [0, 0.1) is 0 Å². The molecule has 3 aromatic rings. The monoisotopic (exact) mass is 373 g/mol. The molecule has 0 aliphatic heterocycles. The average molecular weight is 373 g/mol. The van der Waals surface area contributed by atoms with Gasteiger partial charge in [-0.1, -0.05) is 78.9 Å². The van der Waals surface area contributed by atoms with Gasteiger partial charge in [0.2, 0.25) is 5.91 Å². The van der Waals surface area contributed by atoms with Crippen molar-refractivity contribution in [2.45, 2.75) is 25.2 Å². The van der Waals surface area contributed by atoms with Crippen LogP contribution in [0.15, 0.2) is 84.9 Å². The van der Waals surface area contributed by atoms with Gasteiger partial charge >= 0.3 is 0 Å². The summed E-state index contributed by atoms with van der Waals surface area (Å²) >= 11 is 0. The highest BCUT2D eigenvalue weighted by Gasteiger charge is 2.17. The van der Waals surface area contributed by atoms with Crippen LogP contribution in [-0.2, 0) is 11.2 Å². The van der Waals surface area contributed by atoms with E-state index in [1.54, 1.807) is 7.11 Å². The molecule has 144 valence electrons. The molecule has 28 heavy (non-hydrogen) atoms. The van der Waals surface area contributed by atoms with Gasteiger partial charge in [-0.05, 0) is 35.6 Å². The van der Waals surface area contributed by atoms with Crippen molar-refractivity contribution in [2.24, 2.45) is 0 Å². The summed E-state index contributed by atoms with van der Waals surface area (Å²) in [4.78, 5) is 12.6. The maximum absolute atomic E-state index is 12.6. The molecule has 3 rings (SSSR count). The summed E-state index contributed by atoms with van der Waals surface area (Å²) in [5.74, 6) is 1.05. The smallest absolute Gasteiger partial charge is 0.220 e. The number of rotatable bonds is 9. The Hall–Kier alpha value is -3.07. The third-order valence-corrected chi connectivity index (χ3v) is 4.93. The van der Waals surface area contributed by atoms with Crippen molar-refractivity contribution in [1.29, 1.82) is 0 Å². The standard InChI is InChI=1S/C25H27NO2/c1-28-24-17-9-8-15-22(24)16-10-18-26-25(27)19-23(20-11-4-2-5-12-20)21-13-6-3-7-14-21/h2-9,11-15,17,23H,10,16,18-19H2,1H3,(H,26,27). The highest BCUT2D eigenvalue weighted by atomic mass is 16.5. The number of amides is 1. The van der Waals surface area contributed by atoms with Crippen LogP contribution in [-0.4, -0.2) is 19.6 Å². The van der Waals surface area contributed by atoms with Crippen LogP contribution in [0.25, 0.3) is 0 Å². The van der Waals surface area contributed by atoms with Crippen molar-refractivity contribution < 1.29 is 9.53 Å². The summed E-state index contributed by atoms with van der Waals surface area (Å²) in [6.07, 6.45) is 2.21. The lowest BCUT2D eigenvalue weighted by atomic mass is 9.88. The van der Waals surface area contributed by atoms with E-state index in [2.05, 4.69) is 35.6 Å². The van der Waals surface area contributed by atoms with Gasteiger partial charge in [0, 0.05) is 18.9 Å². The second kappa shape index (κ2) is 10.3. The van der Waals surface area contributed by atoms with E-state index in [9.17, 15) is 4.79 Å². The summed E-state index contributed by atoms with van der Waals surface area (Å²) in [6, 6.07) is 28.5. The lowest BCUT2D eigenvalue weighted by molar-refractivity contribution is -0.121. The van der Waals surface area contributed by atoms with Crippen LogP contribution in [0.3, 0.4) is 0 Å². The van der Waals surface area contributed by atoms with Crippen LogP contribution >= 0.6 is 0 Å². The summed E-state index contributed by atoms with van der Waals surface area (Å²) in [6.45, 7) is 0.660. The zero-order valence-electron chi connectivity index (χ0n) is 16.3. The molecule has 0 radical (unpaired) electrons. The van der Waals surface area contributed by atoms with Crippen molar-refractivity contribution in [3.8, 4) is 5.75 Å². The fraction of sp³-hybridized carbons (Fsp3) is 0.240. The Morgan fingerprint density at radius 2 is 1.43 bits per heavy atom. The predicted molar refractivity (Wildman–Crippen MR) is 114 cm³/mol. The molecule has 0 aromatic heterocycles. The molecule has 0 spiro atoms. The number of ether oxygens (including phenoxy) is 1. The van der Waals surface area contributed by atoms with E-state index < -0.39 is 0 Å². The fourth-order valence-corrected chi connectivity index (χ4v) is 3.47. The molecule has 1 amide bonds. The van der Waals surface area contributed by atoms with Gasteiger partial charge in [-0.3, -0.25) is 4.79 Å². The van der Waals surface area contributed by atoms with E-state index in [1.807, 2.05) is 54.6 Å². The predicted octanol–water partition coefficient (Wildman–Crippen LogP) is 4.97. The molecule has 0 heterocycles. The molecule has 0 saturated heterocycles. The Kier molecular flexibility index (Phi) is 7.25. The minimum atomic E-state index is 0.0663. The van der Waals surface area contributed by atoms with Gasteiger partial charge in [-0.2, -0.15) is 0 Å². The number of methoxy groups -OCH3 is 1. The Labute approximate surface area is 167 Å². The molecule has 0 fully saturated rings. The van der Waals surface area contributed by atoms with Crippen molar-refractivity contribution >= 4 is 5.91 Å². The zero-order valence-corrected chi connectivity index (χ0v) is 16.3. The highest BCUT2D eigenvalue weighted by molar-refractivity contribution is 5.77. The fourth-order valence-electron chi connectivity index (χ4n) is 3.47. The number of carbonyl (C=O) groups is 1. The first kappa shape index (κ1) is 19.7. The van der Waals surface area contributed by atoms with Crippen LogP contribution in [0.2, 0.25) is 0 Å². The molecule has 0 aliphatic carbocycles. The number of nitrogens with one attached hydrogen (secondary N) is 1. The van der Waals surface area contributed by atoms with Gasteiger partial charge in [-0.25, -0.2) is 0 Å². The van der Waals surface area contributed by atoms with E-state index in [4.69, 9.17) is 4.74 Å². The maximum Gasteiger partial charge on any atom is 0.220 e. The highest BCUT2D eigenvalue weighted by Crippen LogP contribution is 2.27. The number of para-hydroxylation sites is 1. The molecule has 0 unspecified atom stereocenters. The second-order valence-electron chi connectivity index (χ2n) is 6.84. The third kappa shape index (κ3) is 5.46. The van der Waals surface area contributed by atoms with Gasteiger partial charge in [0.1, 0.15) is 5.75 Å². The number of aryl methyl sites for hydroxylation is 1. The summed E-state index contributed by atoms with van der Waals surface area (Å²) < 4.78 is 5.39. The quantitative estimate of drug-likeness (QED) is 0.538. The topological polar surface area (TPSA) is 38.3 Å². The van der Waals surface area contributed by atoms with Crippen molar-refractivity contribution in [3.05, 3.63) is 102 Å². The molecule has 0 aliphatic rings. The number of hydrogen-bond acceptors (Lipinski definition) is 2. The van der Waals surface area contributed by atoms with Crippen LogP contribution < -0.4 is 10.1 Å². The van der Waals surface area contributed by atoms with Gasteiger partial charge in [0.15, 0.2) is 0 Å². The minimum Gasteiger partial charge on any atom is -0.496 e. The van der Waals surface area contributed by atoms with Gasteiger partial charge in [0.05, 0.1) is 7.11 Å². The minimum absolute atomic E-state index is 0.0663. The first-order chi connectivity index (χ1) is 13.8. The molecule has 0 saturated carbocycles. The molecular formula is C25H27NO2. The molecule has 0 atom stereocenters. The molecule has 3 aromatic carbocycles. The van der Waals surface area contributed by atoms with Gasteiger partial charge in [-0.15, -0.1) is 0 Å². The van der Waals surface area contributed by atoms with Crippen molar-refractivity contribution in [3.63, 3.8) is 0 Å². The van der Waals surface area contributed by atoms with Crippen molar-refractivity contribution in [2.75, 3.05) is 13.7 Å². The first-order valence-electron chi connectivity index (χ1n) is 9.76. The van der Waals surface area contributed by atoms with Crippen LogP contribution in [0.4, 0.5) is 0 Å². The Morgan fingerprint density at radius 1 is 0.857 bits per heavy atom. The van der Waals surface area contributed by atoms with Gasteiger partial charge in [0.25, 0.3) is 0 Å². The SMILES string of the molecule is COc1ccccc1CCCNC(=O)CC(c1ccccc1)c1ccccc1. The van der Waals surface area contributed by atoms with E-state index in [-0.39, 0.29) is 11.8 Å². The summed E-state index contributed by atoms with van der Waals surface area (Å²) in [5, 5.41) is 3.08. The number of hydrogen-bond donors (Lipinski definition) is 1. The zero-order chi connectivity index (χ0) is 19.6. The lowest BCUT2D eigenvalue weighted by Crippen LogP contribution is -2.26. The van der Waals surface area contributed by atoms with Crippen LogP contribution in [0.1, 0.15) is 35.4 Å². The molecule has 3 nitrogen and oxygen atoms in total. The van der Waals surface area contributed by atoms with E-state index in [1.165, 1.54) is 5.56 Å². The first-order valence-corrected chi connectivity index (χ1v) is 9.76. The Bertz CT molecular complexity index is 822. The Morgan fingerprint density at radius 3 is 2.04 bits per heavy atom. The maximum atomic E-state index is 12.6. The average Bonchev–Trinajstić information content (AvgIpc) is 2.76. The molecule has 3 heteroatoms. The second-order valence-corrected chi connectivity index (χ2v) is 6.84. The molecule has 0 bridgehead atoms.